The average molecular weight is 300 g/mol. The fourth-order valence-corrected chi connectivity index (χ4v) is 2.80. The SMILES string of the molecule is Cc1cccc(C(C)c2nc(CC(C)C)cn2C(=O)O)c1C. The number of rotatable bonds is 4. The molecule has 1 aromatic carbocycles. The fraction of sp³-hybridized carbons (Fsp3) is 0.444. The number of imidazole rings is 1. The third-order valence-electron chi connectivity index (χ3n) is 4.11. The van der Waals surface area contributed by atoms with Crippen LogP contribution in [0, 0.1) is 19.8 Å². The topological polar surface area (TPSA) is 55.1 Å². The summed E-state index contributed by atoms with van der Waals surface area (Å²) in [5, 5.41) is 9.46. The molecule has 0 aliphatic carbocycles. The molecule has 22 heavy (non-hydrogen) atoms. The third-order valence-corrected chi connectivity index (χ3v) is 4.11. The lowest BCUT2D eigenvalue weighted by Crippen LogP contribution is -2.14. The van der Waals surface area contributed by atoms with Crippen molar-refractivity contribution in [1.29, 1.82) is 0 Å². The Morgan fingerprint density at radius 3 is 2.55 bits per heavy atom. The maximum absolute atomic E-state index is 11.5. The Hall–Kier alpha value is -2.10. The predicted octanol–water partition coefficient (Wildman–Crippen LogP) is 4.38. The quantitative estimate of drug-likeness (QED) is 0.911. The minimum Gasteiger partial charge on any atom is -0.464 e. The van der Waals surface area contributed by atoms with Crippen LogP contribution in [0.3, 0.4) is 0 Å². The molecule has 0 amide bonds. The number of aryl methyl sites for hydroxylation is 1. The molecule has 4 heteroatoms. The molecule has 0 fully saturated rings. The van der Waals surface area contributed by atoms with Gasteiger partial charge < -0.3 is 5.11 Å². The molecule has 0 saturated heterocycles. The van der Waals surface area contributed by atoms with Crippen LogP contribution in [0.15, 0.2) is 24.4 Å². The summed E-state index contributed by atoms with van der Waals surface area (Å²) >= 11 is 0. The van der Waals surface area contributed by atoms with Gasteiger partial charge in [0.25, 0.3) is 0 Å². The summed E-state index contributed by atoms with van der Waals surface area (Å²) in [5.41, 5.74) is 4.37. The predicted molar refractivity (Wildman–Crippen MR) is 87.6 cm³/mol. The Morgan fingerprint density at radius 2 is 1.95 bits per heavy atom. The van der Waals surface area contributed by atoms with Crippen molar-refractivity contribution >= 4 is 6.09 Å². The number of hydrogen-bond acceptors (Lipinski definition) is 2. The van der Waals surface area contributed by atoms with E-state index >= 15 is 0 Å². The Kier molecular flexibility index (Phi) is 4.69. The first-order valence-electron chi connectivity index (χ1n) is 7.68. The molecule has 0 radical (unpaired) electrons. The van der Waals surface area contributed by atoms with E-state index in [0.717, 1.165) is 17.7 Å². The molecule has 0 bridgehead atoms. The van der Waals surface area contributed by atoms with Crippen LogP contribution in [-0.4, -0.2) is 20.8 Å². The zero-order chi connectivity index (χ0) is 16.4. The van der Waals surface area contributed by atoms with Gasteiger partial charge in [-0.1, -0.05) is 39.0 Å². The number of aromatic nitrogens is 2. The Bertz CT molecular complexity index is 686. The molecule has 1 aromatic heterocycles. The highest BCUT2D eigenvalue weighted by Crippen LogP contribution is 2.28. The Balaban J connectivity index is 2.48. The first-order chi connectivity index (χ1) is 10.3. The van der Waals surface area contributed by atoms with Gasteiger partial charge in [-0.05, 0) is 42.9 Å². The minimum atomic E-state index is -0.977. The maximum Gasteiger partial charge on any atom is 0.417 e. The van der Waals surface area contributed by atoms with E-state index in [1.807, 2.05) is 13.0 Å². The molecule has 0 saturated carbocycles. The van der Waals surface area contributed by atoms with Gasteiger partial charge in [0, 0.05) is 12.1 Å². The number of nitrogens with zero attached hydrogens (tertiary/aromatic N) is 2. The standard InChI is InChI=1S/C18H24N2O2/c1-11(2)9-15-10-20(18(21)22)17(19-15)14(5)16-8-6-7-12(3)13(16)4/h6-8,10-11,14H,9H2,1-5H3,(H,21,22). The lowest BCUT2D eigenvalue weighted by Gasteiger charge is -2.16. The van der Waals surface area contributed by atoms with E-state index in [1.165, 1.54) is 15.7 Å². The largest absolute Gasteiger partial charge is 0.464 e. The zero-order valence-electron chi connectivity index (χ0n) is 13.9. The molecule has 1 atom stereocenters. The van der Waals surface area contributed by atoms with E-state index in [1.54, 1.807) is 6.20 Å². The molecule has 1 unspecified atom stereocenters. The van der Waals surface area contributed by atoms with Crippen LogP contribution in [0.1, 0.15) is 54.9 Å². The normalized spacial score (nSPS) is 12.6. The van der Waals surface area contributed by atoms with E-state index in [4.69, 9.17) is 0 Å². The molecule has 0 aliphatic rings. The summed E-state index contributed by atoms with van der Waals surface area (Å²) in [6.07, 6.45) is 1.46. The molecule has 118 valence electrons. The van der Waals surface area contributed by atoms with E-state index in [0.29, 0.717) is 11.7 Å². The van der Waals surface area contributed by atoms with E-state index in [9.17, 15) is 9.90 Å². The molecule has 2 rings (SSSR count). The van der Waals surface area contributed by atoms with Gasteiger partial charge in [-0.15, -0.1) is 0 Å². The summed E-state index contributed by atoms with van der Waals surface area (Å²) in [5.74, 6) is 0.981. The molecule has 0 spiro atoms. The molecule has 1 N–H and O–H groups in total. The number of carboxylic acid groups (broad SMARTS) is 1. The van der Waals surface area contributed by atoms with Crippen molar-refractivity contribution in [2.45, 2.75) is 47.0 Å². The van der Waals surface area contributed by atoms with Crippen molar-refractivity contribution in [2.75, 3.05) is 0 Å². The third kappa shape index (κ3) is 3.21. The van der Waals surface area contributed by atoms with Crippen molar-refractivity contribution in [3.8, 4) is 0 Å². The minimum absolute atomic E-state index is 0.0584. The highest BCUT2D eigenvalue weighted by molar-refractivity contribution is 5.69. The monoisotopic (exact) mass is 300 g/mol. The molecule has 4 nitrogen and oxygen atoms in total. The van der Waals surface area contributed by atoms with Gasteiger partial charge >= 0.3 is 6.09 Å². The van der Waals surface area contributed by atoms with Gasteiger partial charge in [0.2, 0.25) is 0 Å². The van der Waals surface area contributed by atoms with Gasteiger partial charge in [-0.3, -0.25) is 0 Å². The number of carbonyl (C=O) groups is 1. The lowest BCUT2D eigenvalue weighted by atomic mass is 9.93. The van der Waals surface area contributed by atoms with Crippen LogP contribution in [0.2, 0.25) is 0 Å². The average Bonchev–Trinajstić information content (AvgIpc) is 2.84. The smallest absolute Gasteiger partial charge is 0.417 e. The van der Waals surface area contributed by atoms with Crippen LogP contribution < -0.4 is 0 Å². The second-order valence-electron chi connectivity index (χ2n) is 6.35. The van der Waals surface area contributed by atoms with Gasteiger partial charge in [0.1, 0.15) is 5.82 Å². The van der Waals surface area contributed by atoms with Crippen LogP contribution in [-0.2, 0) is 6.42 Å². The highest BCUT2D eigenvalue weighted by atomic mass is 16.4. The lowest BCUT2D eigenvalue weighted by molar-refractivity contribution is 0.195. The Morgan fingerprint density at radius 1 is 1.27 bits per heavy atom. The number of hydrogen-bond donors (Lipinski definition) is 1. The second kappa shape index (κ2) is 6.34. The van der Waals surface area contributed by atoms with Crippen LogP contribution in [0.4, 0.5) is 4.79 Å². The first-order valence-corrected chi connectivity index (χ1v) is 7.68. The van der Waals surface area contributed by atoms with Gasteiger partial charge in [-0.2, -0.15) is 0 Å². The van der Waals surface area contributed by atoms with Crippen molar-refractivity contribution in [3.05, 3.63) is 52.6 Å². The van der Waals surface area contributed by atoms with Crippen LogP contribution >= 0.6 is 0 Å². The van der Waals surface area contributed by atoms with Gasteiger partial charge in [0.05, 0.1) is 5.69 Å². The molecule has 2 aromatic rings. The zero-order valence-corrected chi connectivity index (χ0v) is 13.9. The molecule has 1 heterocycles. The summed E-state index contributed by atoms with van der Waals surface area (Å²) < 4.78 is 1.27. The van der Waals surface area contributed by atoms with E-state index < -0.39 is 6.09 Å². The maximum atomic E-state index is 11.5. The van der Waals surface area contributed by atoms with Crippen molar-refractivity contribution in [1.82, 2.24) is 9.55 Å². The number of benzene rings is 1. The molecular formula is C18H24N2O2. The second-order valence-corrected chi connectivity index (χ2v) is 6.35. The summed E-state index contributed by atoms with van der Waals surface area (Å²) in [7, 11) is 0. The van der Waals surface area contributed by atoms with Gasteiger partial charge in [-0.25, -0.2) is 14.3 Å². The molecule has 0 aliphatic heterocycles. The first kappa shape index (κ1) is 16.3. The van der Waals surface area contributed by atoms with Crippen molar-refractivity contribution in [2.24, 2.45) is 5.92 Å². The van der Waals surface area contributed by atoms with Crippen LogP contribution in [0.5, 0.6) is 0 Å². The summed E-state index contributed by atoms with van der Waals surface area (Å²) in [6, 6.07) is 6.13. The summed E-state index contributed by atoms with van der Waals surface area (Å²) in [4.78, 5) is 16.1. The highest BCUT2D eigenvalue weighted by Gasteiger charge is 2.21. The van der Waals surface area contributed by atoms with E-state index in [2.05, 4.69) is 44.8 Å². The van der Waals surface area contributed by atoms with Gasteiger partial charge in [0.15, 0.2) is 0 Å². The van der Waals surface area contributed by atoms with Crippen LogP contribution in [0.25, 0.3) is 0 Å². The summed E-state index contributed by atoms with van der Waals surface area (Å²) in [6.45, 7) is 10.4. The van der Waals surface area contributed by atoms with Crippen molar-refractivity contribution < 1.29 is 9.90 Å². The van der Waals surface area contributed by atoms with Crippen molar-refractivity contribution in [3.63, 3.8) is 0 Å². The van der Waals surface area contributed by atoms with E-state index in [-0.39, 0.29) is 5.92 Å². The Labute approximate surface area is 131 Å². The fourth-order valence-electron chi connectivity index (χ4n) is 2.80. The molecular weight excluding hydrogens is 276 g/mol.